The molecule has 45 heavy (non-hydrogen) atoms. The second kappa shape index (κ2) is 21.8. The van der Waals surface area contributed by atoms with Crippen molar-refractivity contribution >= 4 is 65.0 Å². The van der Waals surface area contributed by atoms with Gasteiger partial charge in [0.25, 0.3) is 0 Å². The van der Waals surface area contributed by atoms with Crippen molar-refractivity contribution in [2.24, 2.45) is 11.5 Å². The first-order valence-electron chi connectivity index (χ1n) is 12.8. The molecule has 23 nitrogen and oxygen atoms in total. The second-order valence-corrected chi connectivity index (χ2v) is 8.55. The molecule has 0 aromatic carbocycles. The Morgan fingerprint density at radius 3 is 0.911 bits per heavy atom. The van der Waals surface area contributed by atoms with Gasteiger partial charge in [0, 0.05) is 0 Å². The van der Waals surface area contributed by atoms with Gasteiger partial charge in [0.1, 0.15) is 6.04 Å². The van der Waals surface area contributed by atoms with Gasteiger partial charge in [-0.2, -0.15) is 0 Å². The fourth-order valence-corrected chi connectivity index (χ4v) is 2.59. The number of hydrogen-bond acceptors (Lipinski definition) is 12. The number of rotatable bonds is 21. The fourth-order valence-electron chi connectivity index (χ4n) is 2.59. The highest BCUT2D eigenvalue weighted by atomic mass is 16.4. The monoisotopic (exact) mass is 645 g/mol. The number of carbonyl (C=O) groups excluding carboxylic acids is 10. The van der Waals surface area contributed by atoms with Gasteiger partial charge in [0.15, 0.2) is 0 Å². The van der Waals surface area contributed by atoms with Crippen molar-refractivity contribution in [2.45, 2.75) is 12.5 Å². The van der Waals surface area contributed by atoms with E-state index in [-0.39, 0.29) is 6.54 Å². The van der Waals surface area contributed by atoms with Crippen LogP contribution in [0.2, 0.25) is 0 Å². The molecular weight excluding hydrogens is 610 g/mol. The van der Waals surface area contributed by atoms with Crippen LogP contribution in [0.25, 0.3) is 0 Å². The van der Waals surface area contributed by atoms with Gasteiger partial charge >= 0.3 is 5.97 Å². The molecule has 0 aromatic rings. The first-order valence-corrected chi connectivity index (χ1v) is 12.8. The van der Waals surface area contributed by atoms with Crippen LogP contribution in [-0.4, -0.2) is 135 Å². The molecule has 10 amide bonds. The Bertz CT molecular complexity index is 1160. The van der Waals surface area contributed by atoms with Crippen molar-refractivity contribution < 1.29 is 57.8 Å². The van der Waals surface area contributed by atoms with Crippen LogP contribution in [0.1, 0.15) is 6.42 Å². The van der Waals surface area contributed by atoms with E-state index >= 15 is 0 Å². The number of amides is 10. The Labute approximate surface area is 254 Å². The Morgan fingerprint density at radius 2 is 0.689 bits per heavy atom. The van der Waals surface area contributed by atoms with E-state index in [1.165, 1.54) is 0 Å². The van der Waals surface area contributed by atoms with Gasteiger partial charge in [-0.3, -0.25) is 47.9 Å². The van der Waals surface area contributed by atoms with Crippen LogP contribution in [0.5, 0.6) is 0 Å². The largest absolute Gasteiger partial charge is 0.480 e. The molecule has 0 rings (SSSR count). The van der Waals surface area contributed by atoms with Gasteiger partial charge < -0.3 is 64.4 Å². The maximum Gasteiger partial charge on any atom is 0.326 e. The van der Waals surface area contributed by atoms with Crippen LogP contribution in [0.3, 0.4) is 0 Å². The molecule has 0 fully saturated rings. The molecule has 250 valence electrons. The standard InChI is InChI=1S/C22H35N11O12/c23-2-13(35)25-3-14(36)26-4-15(37)27-5-16(38)28-6-17(39)29-7-18(40)30-8-19(41)31-9-20(42)32-10-21(43)33-11(22(44)45)1-12(24)34/h11H,1-10,23H2,(H2,24,34)(H,25,35)(H,26,36)(H,27,37)(H,28,38)(H,29,39)(H,30,40)(H,31,41)(H,32,42)(H,33,43)(H,44,45)/t11-/m0/s1. The van der Waals surface area contributed by atoms with E-state index < -0.39 is 130 Å². The van der Waals surface area contributed by atoms with Crippen LogP contribution in [0, 0.1) is 0 Å². The maximum atomic E-state index is 11.8. The SMILES string of the molecule is NCC(=O)NCC(=O)NCC(=O)NCC(=O)NCC(=O)NCC(=O)NCC(=O)NCC(=O)NCC(=O)N[C@@H](CC(N)=O)C(=O)O. The minimum absolute atomic E-state index is 0.311. The number of nitrogens with two attached hydrogens (primary N) is 2. The summed E-state index contributed by atoms with van der Waals surface area (Å²) in [6, 6.07) is -1.59. The quantitative estimate of drug-likeness (QED) is 0.0552. The number of carboxylic acids is 1. The molecule has 0 aliphatic rings. The zero-order valence-corrected chi connectivity index (χ0v) is 23.7. The molecule has 0 spiro atoms. The highest BCUT2D eigenvalue weighted by Crippen LogP contribution is 1.91. The lowest BCUT2D eigenvalue weighted by molar-refractivity contribution is -0.143. The molecule has 1 atom stereocenters. The van der Waals surface area contributed by atoms with Crippen molar-refractivity contribution in [1.82, 2.24) is 47.9 Å². The van der Waals surface area contributed by atoms with Gasteiger partial charge in [-0.25, -0.2) is 4.79 Å². The van der Waals surface area contributed by atoms with Crippen LogP contribution >= 0.6 is 0 Å². The Kier molecular flexibility index (Phi) is 18.9. The Balaban J connectivity index is 4.07. The van der Waals surface area contributed by atoms with E-state index in [2.05, 4.69) is 42.5 Å². The number of carbonyl (C=O) groups is 11. The van der Waals surface area contributed by atoms with Crippen molar-refractivity contribution in [2.75, 3.05) is 58.9 Å². The number of hydrogen-bond donors (Lipinski definition) is 12. The smallest absolute Gasteiger partial charge is 0.326 e. The highest BCUT2D eigenvalue weighted by molar-refractivity contribution is 5.94. The molecule has 0 aromatic heterocycles. The first kappa shape index (κ1) is 39.1. The molecule has 0 heterocycles. The number of primary amides is 1. The molecule has 0 saturated carbocycles. The summed E-state index contributed by atoms with van der Waals surface area (Å²) in [4.78, 5) is 126. The molecule has 0 unspecified atom stereocenters. The molecule has 0 bridgehead atoms. The van der Waals surface area contributed by atoms with Gasteiger partial charge in [-0.1, -0.05) is 0 Å². The van der Waals surface area contributed by atoms with E-state index in [0.29, 0.717) is 0 Å². The summed E-state index contributed by atoms with van der Waals surface area (Å²) >= 11 is 0. The topological polar surface area (TPSA) is 368 Å². The molecule has 23 heteroatoms. The zero-order chi connectivity index (χ0) is 34.4. The number of carboxylic acid groups (broad SMARTS) is 1. The third-order valence-electron chi connectivity index (χ3n) is 4.79. The first-order chi connectivity index (χ1) is 21.1. The average molecular weight is 646 g/mol. The lowest BCUT2D eigenvalue weighted by atomic mass is 10.2. The van der Waals surface area contributed by atoms with Crippen molar-refractivity contribution in [3.63, 3.8) is 0 Å². The zero-order valence-electron chi connectivity index (χ0n) is 23.7. The predicted octanol–water partition coefficient (Wildman–Crippen LogP) is -9.68. The van der Waals surface area contributed by atoms with Crippen molar-refractivity contribution in [3.8, 4) is 0 Å². The molecular formula is C22H35N11O12. The maximum absolute atomic E-state index is 11.8. The summed E-state index contributed by atoms with van der Waals surface area (Å²) < 4.78 is 0. The Morgan fingerprint density at radius 1 is 0.444 bits per heavy atom. The second-order valence-electron chi connectivity index (χ2n) is 8.55. The van der Waals surface area contributed by atoms with Gasteiger partial charge in [0.2, 0.25) is 59.1 Å². The van der Waals surface area contributed by atoms with E-state index in [0.717, 1.165) is 0 Å². The normalized spacial score (nSPS) is 10.5. The van der Waals surface area contributed by atoms with E-state index in [9.17, 15) is 52.7 Å². The summed E-state index contributed by atoms with van der Waals surface area (Å²) in [7, 11) is 0. The molecule has 0 radical (unpaired) electrons. The van der Waals surface area contributed by atoms with Gasteiger partial charge in [0.05, 0.1) is 65.3 Å². The molecule has 0 saturated heterocycles. The molecule has 0 aliphatic heterocycles. The van der Waals surface area contributed by atoms with Crippen molar-refractivity contribution in [3.05, 3.63) is 0 Å². The third kappa shape index (κ3) is 21.5. The number of nitrogens with one attached hydrogen (secondary N) is 9. The van der Waals surface area contributed by atoms with Crippen molar-refractivity contribution in [1.29, 1.82) is 0 Å². The van der Waals surface area contributed by atoms with E-state index in [1.54, 1.807) is 0 Å². The van der Waals surface area contributed by atoms with Crippen LogP contribution in [0.15, 0.2) is 0 Å². The van der Waals surface area contributed by atoms with Gasteiger partial charge in [-0.05, 0) is 0 Å². The molecule has 14 N–H and O–H groups in total. The summed E-state index contributed by atoms with van der Waals surface area (Å²) in [6.07, 6.45) is -0.662. The lowest BCUT2D eigenvalue weighted by Crippen LogP contribution is -2.49. The summed E-state index contributed by atoms with van der Waals surface area (Å²) in [5, 5.41) is 28.2. The predicted molar refractivity (Wildman–Crippen MR) is 147 cm³/mol. The van der Waals surface area contributed by atoms with E-state index in [4.69, 9.17) is 16.6 Å². The minimum atomic E-state index is -1.59. The highest BCUT2D eigenvalue weighted by Gasteiger charge is 2.22. The summed E-state index contributed by atoms with van der Waals surface area (Å²) in [5.41, 5.74) is 9.94. The van der Waals surface area contributed by atoms with Crippen LogP contribution in [-0.2, 0) is 52.7 Å². The molecule has 0 aliphatic carbocycles. The van der Waals surface area contributed by atoms with Gasteiger partial charge in [-0.15, -0.1) is 0 Å². The minimum Gasteiger partial charge on any atom is -0.480 e. The van der Waals surface area contributed by atoms with E-state index in [1.807, 2.05) is 5.32 Å². The number of aliphatic carboxylic acids is 1. The lowest BCUT2D eigenvalue weighted by Gasteiger charge is -2.13. The third-order valence-corrected chi connectivity index (χ3v) is 4.79. The van der Waals surface area contributed by atoms with Crippen LogP contribution in [0.4, 0.5) is 0 Å². The summed E-state index contributed by atoms with van der Waals surface area (Å²) in [6.45, 7) is -4.72. The van der Waals surface area contributed by atoms with Crippen LogP contribution < -0.4 is 59.3 Å². The fraction of sp³-hybridized carbons (Fsp3) is 0.500. The Hall–Kier alpha value is -5.87. The summed E-state index contributed by atoms with van der Waals surface area (Å²) in [5.74, 6) is -9.38. The average Bonchev–Trinajstić information content (AvgIpc) is 2.99.